The van der Waals surface area contributed by atoms with Crippen LogP contribution in [0, 0.1) is 13.8 Å². The quantitative estimate of drug-likeness (QED) is 0.284. The standard InChI is InChI=1S/C28H30N4O2/c1-5-31(6-2)24-11-13-25(14-12-24)32-19(3)15-23(20(32)4)18-29-30-28(34)26-16-21-9-7-8-10-22(21)17-27(26)33/h7-18,33H,5-6H2,1-4H3,(H,30,34). The van der Waals surface area contributed by atoms with E-state index < -0.39 is 5.91 Å². The summed E-state index contributed by atoms with van der Waals surface area (Å²) in [7, 11) is 0. The molecular weight excluding hydrogens is 424 g/mol. The van der Waals surface area contributed by atoms with Crippen LogP contribution in [0.15, 0.2) is 71.8 Å². The SMILES string of the molecule is CCN(CC)c1ccc(-n2c(C)cc(C=NNC(=O)c3cc4ccccc4cc3O)c2C)cc1. The van der Waals surface area contributed by atoms with Crippen molar-refractivity contribution in [1.29, 1.82) is 0 Å². The van der Waals surface area contributed by atoms with Crippen LogP contribution < -0.4 is 10.3 Å². The Morgan fingerprint density at radius 1 is 1.00 bits per heavy atom. The number of anilines is 1. The Bertz CT molecular complexity index is 1350. The average molecular weight is 455 g/mol. The lowest BCUT2D eigenvalue weighted by molar-refractivity contribution is 0.0952. The van der Waals surface area contributed by atoms with Gasteiger partial charge in [-0.2, -0.15) is 5.10 Å². The number of phenolic OH excluding ortho intramolecular Hbond substituents is 1. The van der Waals surface area contributed by atoms with E-state index in [1.54, 1.807) is 18.3 Å². The van der Waals surface area contributed by atoms with Crippen LogP contribution in [0.2, 0.25) is 0 Å². The molecule has 0 radical (unpaired) electrons. The minimum absolute atomic E-state index is 0.0715. The number of hydrogen-bond donors (Lipinski definition) is 2. The maximum Gasteiger partial charge on any atom is 0.275 e. The third kappa shape index (κ3) is 4.53. The van der Waals surface area contributed by atoms with Crippen molar-refractivity contribution in [2.24, 2.45) is 5.10 Å². The Morgan fingerprint density at radius 2 is 1.65 bits per heavy atom. The first kappa shape index (κ1) is 23.1. The number of nitrogens with one attached hydrogen (secondary N) is 1. The Hall–Kier alpha value is -4.06. The fourth-order valence-corrected chi connectivity index (χ4v) is 4.35. The van der Waals surface area contributed by atoms with Gasteiger partial charge >= 0.3 is 0 Å². The number of aromatic nitrogens is 1. The van der Waals surface area contributed by atoms with E-state index in [-0.39, 0.29) is 11.3 Å². The molecule has 3 aromatic carbocycles. The van der Waals surface area contributed by atoms with Gasteiger partial charge in [0.25, 0.3) is 5.91 Å². The van der Waals surface area contributed by atoms with Crippen molar-refractivity contribution in [3.05, 3.63) is 89.2 Å². The molecule has 0 aliphatic carbocycles. The lowest BCUT2D eigenvalue weighted by Crippen LogP contribution is -2.21. The molecule has 1 amide bonds. The number of phenols is 1. The zero-order valence-electron chi connectivity index (χ0n) is 20.0. The third-order valence-electron chi connectivity index (χ3n) is 6.19. The molecule has 174 valence electrons. The highest BCUT2D eigenvalue weighted by Gasteiger charge is 2.13. The van der Waals surface area contributed by atoms with Gasteiger partial charge in [-0.1, -0.05) is 24.3 Å². The summed E-state index contributed by atoms with van der Waals surface area (Å²) in [6.45, 7) is 10.3. The van der Waals surface area contributed by atoms with Gasteiger partial charge in [-0.25, -0.2) is 5.43 Å². The molecule has 0 atom stereocenters. The predicted octanol–water partition coefficient (Wildman–Crippen LogP) is 5.56. The molecule has 1 aromatic heterocycles. The molecule has 0 fully saturated rings. The summed E-state index contributed by atoms with van der Waals surface area (Å²) in [5, 5.41) is 16.2. The summed E-state index contributed by atoms with van der Waals surface area (Å²) in [6.07, 6.45) is 1.64. The van der Waals surface area contributed by atoms with Gasteiger partial charge in [-0.05, 0) is 80.9 Å². The number of benzene rings is 3. The number of aromatic hydroxyl groups is 1. The first-order valence-electron chi connectivity index (χ1n) is 11.5. The van der Waals surface area contributed by atoms with Crippen LogP contribution in [0.5, 0.6) is 5.75 Å². The van der Waals surface area contributed by atoms with Crippen LogP contribution in [0.3, 0.4) is 0 Å². The van der Waals surface area contributed by atoms with Gasteiger partial charge in [0.1, 0.15) is 5.75 Å². The van der Waals surface area contributed by atoms with E-state index in [0.717, 1.165) is 46.5 Å². The smallest absolute Gasteiger partial charge is 0.275 e. The van der Waals surface area contributed by atoms with Crippen LogP contribution >= 0.6 is 0 Å². The van der Waals surface area contributed by atoms with Gasteiger partial charge in [-0.15, -0.1) is 0 Å². The van der Waals surface area contributed by atoms with Gasteiger partial charge in [0.2, 0.25) is 0 Å². The zero-order chi connectivity index (χ0) is 24.2. The number of amides is 1. The minimum Gasteiger partial charge on any atom is -0.507 e. The van der Waals surface area contributed by atoms with E-state index in [1.165, 1.54) is 5.69 Å². The fraction of sp³-hybridized carbons (Fsp3) is 0.214. The van der Waals surface area contributed by atoms with Crippen LogP contribution in [0.25, 0.3) is 16.5 Å². The minimum atomic E-state index is -0.458. The van der Waals surface area contributed by atoms with E-state index in [4.69, 9.17) is 0 Å². The maximum absolute atomic E-state index is 12.6. The van der Waals surface area contributed by atoms with Crippen molar-refractivity contribution in [2.45, 2.75) is 27.7 Å². The molecule has 0 aliphatic rings. The molecule has 0 aliphatic heterocycles. The molecule has 0 saturated carbocycles. The lowest BCUT2D eigenvalue weighted by atomic mass is 10.1. The summed E-state index contributed by atoms with van der Waals surface area (Å²) in [5.74, 6) is -0.530. The molecule has 0 bridgehead atoms. The van der Waals surface area contributed by atoms with E-state index in [9.17, 15) is 9.90 Å². The number of aryl methyl sites for hydroxylation is 1. The van der Waals surface area contributed by atoms with Crippen LogP contribution in [-0.2, 0) is 0 Å². The maximum atomic E-state index is 12.6. The van der Waals surface area contributed by atoms with Crippen molar-refractivity contribution >= 4 is 28.6 Å². The second kappa shape index (κ2) is 9.83. The van der Waals surface area contributed by atoms with Crippen LogP contribution in [0.4, 0.5) is 5.69 Å². The highest BCUT2D eigenvalue weighted by Crippen LogP contribution is 2.25. The second-order valence-corrected chi connectivity index (χ2v) is 8.27. The van der Waals surface area contributed by atoms with Crippen molar-refractivity contribution in [3.63, 3.8) is 0 Å². The molecule has 6 heteroatoms. The predicted molar refractivity (Wildman–Crippen MR) is 139 cm³/mol. The number of carbonyl (C=O) groups is 1. The summed E-state index contributed by atoms with van der Waals surface area (Å²) in [5.41, 5.74) is 8.03. The number of carbonyl (C=O) groups excluding carboxylic acids is 1. The van der Waals surface area contributed by atoms with Gasteiger partial charge in [-0.3, -0.25) is 4.79 Å². The first-order valence-corrected chi connectivity index (χ1v) is 11.5. The molecule has 6 nitrogen and oxygen atoms in total. The molecule has 1 heterocycles. The summed E-state index contributed by atoms with van der Waals surface area (Å²) in [6, 6.07) is 21.4. The summed E-state index contributed by atoms with van der Waals surface area (Å²) in [4.78, 5) is 14.9. The molecule has 0 unspecified atom stereocenters. The second-order valence-electron chi connectivity index (χ2n) is 8.27. The number of hydrogen-bond acceptors (Lipinski definition) is 4. The Morgan fingerprint density at radius 3 is 2.29 bits per heavy atom. The van der Waals surface area contributed by atoms with Crippen molar-refractivity contribution < 1.29 is 9.90 Å². The van der Waals surface area contributed by atoms with Crippen molar-refractivity contribution in [1.82, 2.24) is 9.99 Å². The molecule has 34 heavy (non-hydrogen) atoms. The third-order valence-corrected chi connectivity index (χ3v) is 6.19. The normalized spacial score (nSPS) is 11.3. The first-order chi connectivity index (χ1) is 16.4. The Balaban J connectivity index is 1.52. The zero-order valence-corrected chi connectivity index (χ0v) is 20.0. The molecule has 0 spiro atoms. The van der Waals surface area contributed by atoms with E-state index in [1.807, 2.05) is 44.2 Å². The number of rotatable bonds is 7. The largest absolute Gasteiger partial charge is 0.507 e. The summed E-state index contributed by atoms with van der Waals surface area (Å²) >= 11 is 0. The Kier molecular flexibility index (Phi) is 6.68. The highest BCUT2D eigenvalue weighted by atomic mass is 16.3. The monoisotopic (exact) mass is 454 g/mol. The Labute approximate surface area is 200 Å². The van der Waals surface area contributed by atoms with Crippen LogP contribution in [-0.4, -0.2) is 34.9 Å². The van der Waals surface area contributed by atoms with Gasteiger partial charge in [0, 0.05) is 41.4 Å². The topological polar surface area (TPSA) is 69.9 Å². The van der Waals surface area contributed by atoms with Gasteiger partial charge in [0.05, 0.1) is 11.8 Å². The van der Waals surface area contributed by atoms with Crippen LogP contribution in [0.1, 0.15) is 41.2 Å². The highest BCUT2D eigenvalue weighted by molar-refractivity contribution is 6.01. The average Bonchev–Trinajstić information content (AvgIpc) is 3.12. The molecule has 2 N–H and O–H groups in total. The van der Waals surface area contributed by atoms with Crippen molar-refractivity contribution in [2.75, 3.05) is 18.0 Å². The van der Waals surface area contributed by atoms with Gasteiger partial charge in [0.15, 0.2) is 0 Å². The fourth-order valence-electron chi connectivity index (χ4n) is 4.35. The number of fused-ring (bicyclic) bond motifs is 1. The van der Waals surface area contributed by atoms with E-state index in [2.05, 4.69) is 58.1 Å². The molecule has 4 rings (SSSR count). The lowest BCUT2D eigenvalue weighted by Gasteiger charge is -2.21. The summed E-state index contributed by atoms with van der Waals surface area (Å²) < 4.78 is 2.17. The van der Waals surface area contributed by atoms with E-state index >= 15 is 0 Å². The van der Waals surface area contributed by atoms with E-state index in [0.29, 0.717) is 0 Å². The molecule has 4 aromatic rings. The van der Waals surface area contributed by atoms with Crippen molar-refractivity contribution in [3.8, 4) is 11.4 Å². The molecule has 0 saturated heterocycles. The number of hydrazone groups is 1. The molecular formula is C28H30N4O2. The van der Waals surface area contributed by atoms with Gasteiger partial charge < -0.3 is 14.6 Å². The number of nitrogens with zero attached hydrogens (tertiary/aromatic N) is 3.